The molecule has 1 atom stereocenters. The maximum atomic E-state index is 12.1. The number of nitrogen functional groups attached to an aromatic ring is 1. The maximum absolute atomic E-state index is 12.1. The quantitative estimate of drug-likeness (QED) is 0.820. The largest absolute Gasteiger partial charge is 0.384 e. The van der Waals surface area contributed by atoms with Crippen LogP contribution in [0.2, 0.25) is 0 Å². The van der Waals surface area contributed by atoms with Crippen LogP contribution in [0.25, 0.3) is 0 Å². The van der Waals surface area contributed by atoms with E-state index in [1.54, 1.807) is 18.2 Å². The molecule has 0 saturated carbocycles. The van der Waals surface area contributed by atoms with Gasteiger partial charge in [-0.2, -0.15) is 0 Å². The molecule has 1 aliphatic rings. The van der Waals surface area contributed by atoms with Gasteiger partial charge in [-0.1, -0.05) is 19.4 Å². The van der Waals surface area contributed by atoms with E-state index in [9.17, 15) is 4.79 Å². The van der Waals surface area contributed by atoms with Gasteiger partial charge in [0.2, 0.25) is 0 Å². The molecule has 1 aromatic rings. The molecule has 0 aliphatic carbocycles. The number of hydrogen-bond acceptors (Lipinski definition) is 3. The molecule has 1 aromatic heterocycles. The first-order valence-electron chi connectivity index (χ1n) is 5.72. The minimum absolute atomic E-state index is 0.00301. The highest BCUT2D eigenvalue weighted by molar-refractivity contribution is 5.92. The third-order valence-electron chi connectivity index (χ3n) is 3.14. The van der Waals surface area contributed by atoms with Crippen LogP contribution in [0, 0.1) is 5.92 Å². The molecule has 1 aliphatic heterocycles. The van der Waals surface area contributed by atoms with Gasteiger partial charge >= 0.3 is 0 Å². The second-order valence-corrected chi connectivity index (χ2v) is 4.26. The maximum Gasteiger partial charge on any atom is 0.272 e. The van der Waals surface area contributed by atoms with E-state index in [-0.39, 0.29) is 5.91 Å². The Balaban J connectivity index is 2.08. The fourth-order valence-corrected chi connectivity index (χ4v) is 2.08. The third-order valence-corrected chi connectivity index (χ3v) is 3.14. The van der Waals surface area contributed by atoms with Crippen molar-refractivity contribution in [2.24, 2.45) is 5.92 Å². The smallest absolute Gasteiger partial charge is 0.272 e. The summed E-state index contributed by atoms with van der Waals surface area (Å²) >= 11 is 0. The molecule has 0 aromatic carbocycles. The molecule has 1 amide bonds. The highest BCUT2D eigenvalue weighted by atomic mass is 16.2. The number of hydrogen-bond donors (Lipinski definition) is 1. The number of rotatable bonds is 2. The lowest BCUT2D eigenvalue weighted by Gasteiger charge is -2.15. The van der Waals surface area contributed by atoms with E-state index in [2.05, 4.69) is 11.9 Å². The lowest BCUT2D eigenvalue weighted by molar-refractivity contribution is 0.0781. The zero-order chi connectivity index (χ0) is 11.5. The molecule has 2 heterocycles. The molecule has 1 saturated heterocycles. The van der Waals surface area contributed by atoms with Crippen LogP contribution in [0.4, 0.5) is 5.82 Å². The summed E-state index contributed by atoms with van der Waals surface area (Å²) in [5, 5.41) is 0. The summed E-state index contributed by atoms with van der Waals surface area (Å²) in [6.45, 7) is 3.86. The highest BCUT2D eigenvalue weighted by Gasteiger charge is 2.26. The molecule has 1 fully saturated rings. The second-order valence-electron chi connectivity index (χ2n) is 4.26. The Morgan fingerprint density at radius 1 is 1.62 bits per heavy atom. The number of likely N-dealkylation sites (tertiary alicyclic amines) is 1. The van der Waals surface area contributed by atoms with E-state index in [4.69, 9.17) is 5.73 Å². The summed E-state index contributed by atoms with van der Waals surface area (Å²) in [6, 6.07) is 5.18. The van der Waals surface area contributed by atoms with E-state index in [0.29, 0.717) is 17.4 Å². The van der Waals surface area contributed by atoms with Crippen LogP contribution < -0.4 is 5.73 Å². The van der Waals surface area contributed by atoms with Crippen molar-refractivity contribution in [3.05, 3.63) is 23.9 Å². The second kappa shape index (κ2) is 4.51. The van der Waals surface area contributed by atoms with Gasteiger partial charge in [-0.05, 0) is 24.5 Å². The fourth-order valence-electron chi connectivity index (χ4n) is 2.08. The van der Waals surface area contributed by atoms with E-state index < -0.39 is 0 Å². The van der Waals surface area contributed by atoms with E-state index >= 15 is 0 Å². The number of nitrogens with zero attached hydrogens (tertiary/aromatic N) is 2. The number of anilines is 1. The van der Waals surface area contributed by atoms with Gasteiger partial charge in [-0.15, -0.1) is 0 Å². The van der Waals surface area contributed by atoms with Gasteiger partial charge in [0.1, 0.15) is 11.5 Å². The molecular formula is C12H17N3O. The Labute approximate surface area is 95.5 Å². The molecule has 1 unspecified atom stereocenters. The summed E-state index contributed by atoms with van der Waals surface area (Å²) in [4.78, 5) is 18.0. The van der Waals surface area contributed by atoms with Gasteiger partial charge < -0.3 is 10.6 Å². The number of carbonyl (C=O) groups excluding carboxylic acids is 1. The van der Waals surface area contributed by atoms with Gasteiger partial charge in [-0.3, -0.25) is 4.79 Å². The number of aromatic nitrogens is 1. The predicted molar refractivity (Wildman–Crippen MR) is 63.0 cm³/mol. The number of carbonyl (C=O) groups is 1. The van der Waals surface area contributed by atoms with Gasteiger partial charge in [0.05, 0.1) is 0 Å². The molecule has 0 radical (unpaired) electrons. The van der Waals surface area contributed by atoms with Crippen molar-refractivity contribution < 1.29 is 4.79 Å². The SMILES string of the molecule is CCC1CCN(C(=O)c2cccc(N)n2)C1. The minimum Gasteiger partial charge on any atom is -0.384 e. The summed E-state index contributed by atoms with van der Waals surface area (Å²) in [6.07, 6.45) is 2.23. The van der Waals surface area contributed by atoms with Crippen LogP contribution in [0.15, 0.2) is 18.2 Å². The van der Waals surface area contributed by atoms with E-state index in [0.717, 1.165) is 25.9 Å². The Kier molecular flexibility index (Phi) is 3.08. The van der Waals surface area contributed by atoms with E-state index in [1.807, 2.05) is 4.90 Å². The Morgan fingerprint density at radius 2 is 2.44 bits per heavy atom. The van der Waals surface area contributed by atoms with Crippen LogP contribution >= 0.6 is 0 Å². The number of nitrogens with two attached hydrogens (primary N) is 1. The third kappa shape index (κ3) is 2.15. The predicted octanol–water partition coefficient (Wildman–Crippen LogP) is 1.54. The van der Waals surface area contributed by atoms with Crippen LogP contribution in [0.1, 0.15) is 30.3 Å². The van der Waals surface area contributed by atoms with Crippen LogP contribution in [-0.2, 0) is 0 Å². The topological polar surface area (TPSA) is 59.2 Å². The van der Waals surface area contributed by atoms with Crippen molar-refractivity contribution in [3.63, 3.8) is 0 Å². The van der Waals surface area contributed by atoms with Gasteiger partial charge in [0.15, 0.2) is 0 Å². The molecule has 16 heavy (non-hydrogen) atoms. The average molecular weight is 219 g/mol. The van der Waals surface area contributed by atoms with Crippen molar-refractivity contribution >= 4 is 11.7 Å². The molecule has 2 rings (SSSR count). The normalized spacial score (nSPS) is 20.1. The molecule has 0 bridgehead atoms. The standard InChI is InChI=1S/C12H17N3O/c1-2-9-6-7-15(8-9)12(16)10-4-3-5-11(13)14-10/h3-5,9H,2,6-8H2,1H3,(H2,13,14). The number of pyridine rings is 1. The van der Waals surface area contributed by atoms with Crippen LogP contribution in [-0.4, -0.2) is 28.9 Å². The first-order valence-corrected chi connectivity index (χ1v) is 5.72. The zero-order valence-electron chi connectivity index (χ0n) is 9.52. The van der Waals surface area contributed by atoms with Crippen molar-refractivity contribution in [1.82, 2.24) is 9.88 Å². The molecule has 2 N–H and O–H groups in total. The van der Waals surface area contributed by atoms with Crippen molar-refractivity contribution in [1.29, 1.82) is 0 Å². The first kappa shape index (κ1) is 10.9. The molecule has 4 heteroatoms. The summed E-state index contributed by atoms with van der Waals surface area (Å²) in [5.41, 5.74) is 6.02. The van der Waals surface area contributed by atoms with Crippen LogP contribution in [0.5, 0.6) is 0 Å². The lowest BCUT2D eigenvalue weighted by Crippen LogP contribution is -2.29. The number of amides is 1. The molecular weight excluding hydrogens is 202 g/mol. The van der Waals surface area contributed by atoms with Gasteiger partial charge in [0, 0.05) is 13.1 Å². The lowest BCUT2D eigenvalue weighted by atomic mass is 10.1. The Morgan fingerprint density at radius 3 is 3.06 bits per heavy atom. The van der Waals surface area contributed by atoms with Gasteiger partial charge in [0.25, 0.3) is 5.91 Å². The zero-order valence-corrected chi connectivity index (χ0v) is 9.52. The highest BCUT2D eigenvalue weighted by Crippen LogP contribution is 2.20. The molecule has 86 valence electrons. The molecule has 4 nitrogen and oxygen atoms in total. The van der Waals surface area contributed by atoms with E-state index in [1.165, 1.54) is 0 Å². The molecule has 0 spiro atoms. The summed E-state index contributed by atoms with van der Waals surface area (Å²) in [7, 11) is 0. The summed E-state index contributed by atoms with van der Waals surface area (Å²) < 4.78 is 0. The first-order chi connectivity index (χ1) is 7.70. The Hall–Kier alpha value is -1.58. The van der Waals surface area contributed by atoms with Crippen molar-refractivity contribution in [2.45, 2.75) is 19.8 Å². The van der Waals surface area contributed by atoms with Gasteiger partial charge in [-0.25, -0.2) is 4.98 Å². The minimum atomic E-state index is 0.00301. The van der Waals surface area contributed by atoms with Crippen molar-refractivity contribution in [3.8, 4) is 0 Å². The monoisotopic (exact) mass is 219 g/mol. The fraction of sp³-hybridized carbons (Fsp3) is 0.500. The average Bonchev–Trinajstić information content (AvgIpc) is 2.76. The Bertz CT molecular complexity index is 392. The summed E-state index contributed by atoms with van der Waals surface area (Å²) in [5.74, 6) is 1.05. The van der Waals surface area contributed by atoms with Crippen LogP contribution in [0.3, 0.4) is 0 Å². The van der Waals surface area contributed by atoms with Crippen molar-refractivity contribution in [2.75, 3.05) is 18.8 Å².